The van der Waals surface area contributed by atoms with Crippen LogP contribution in [0.2, 0.25) is 0 Å². The summed E-state index contributed by atoms with van der Waals surface area (Å²) in [5.74, 6) is -0.213. The Morgan fingerprint density at radius 1 is 1.09 bits per heavy atom. The summed E-state index contributed by atoms with van der Waals surface area (Å²) in [4.78, 5) is 27.4. The number of nitrogens with one attached hydrogen (secondary N) is 1. The van der Waals surface area contributed by atoms with E-state index in [1.54, 1.807) is 29.2 Å². The smallest absolute Gasteiger partial charge is 0.422 e. The Morgan fingerprint density at radius 2 is 1.82 bits per heavy atom. The Bertz CT molecular complexity index is 1000. The highest BCUT2D eigenvalue weighted by Gasteiger charge is 2.29. The summed E-state index contributed by atoms with van der Waals surface area (Å²) >= 11 is 0. The Labute approximate surface area is 190 Å². The first-order valence-electron chi connectivity index (χ1n) is 10.7. The van der Waals surface area contributed by atoms with Crippen molar-refractivity contribution in [3.8, 4) is 11.5 Å². The molecule has 2 amide bonds. The van der Waals surface area contributed by atoms with E-state index in [0.717, 1.165) is 18.4 Å². The van der Waals surface area contributed by atoms with Crippen molar-refractivity contribution in [1.29, 1.82) is 0 Å². The molecule has 1 aliphatic heterocycles. The third-order valence-electron chi connectivity index (χ3n) is 5.41. The minimum atomic E-state index is -4.45. The lowest BCUT2D eigenvalue weighted by Gasteiger charge is -2.19. The molecular weight excluding hydrogens is 437 g/mol. The van der Waals surface area contributed by atoms with Gasteiger partial charge in [-0.2, -0.15) is 13.2 Å². The Kier molecular flexibility index (Phi) is 7.84. The van der Waals surface area contributed by atoms with Gasteiger partial charge in [0.15, 0.2) is 18.1 Å². The molecule has 9 heteroatoms. The van der Waals surface area contributed by atoms with E-state index in [0.29, 0.717) is 36.3 Å². The molecule has 1 saturated heterocycles. The van der Waals surface area contributed by atoms with Gasteiger partial charge < -0.3 is 19.7 Å². The van der Waals surface area contributed by atoms with Crippen LogP contribution in [0.25, 0.3) is 0 Å². The third kappa shape index (κ3) is 6.63. The number of alkyl halides is 3. The van der Waals surface area contributed by atoms with Gasteiger partial charge in [0, 0.05) is 19.5 Å². The SMILES string of the molecule is COc1cc(CCC(=O)Nc2cccc(C)c2C(=O)N2CCCC2)ccc1OCC(F)(F)F. The second kappa shape index (κ2) is 10.6. The van der Waals surface area contributed by atoms with E-state index in [1.165, 1.54) is 13.2 Å². The maximum Gasteiger partial charge on any atom is 0.422 e. The van der Waals surface area contributed by atoms with E-state index in [4.69, 9.17) is 9.47 Å². The zero-order valence-corrected chi connectivity index (χ0v) is 18.6. The molecule has 0 bridgehead atoms. The number of rotatable bonds is 8. The fraction of sp³-hybridized carbons (Fsp3) is 0.417. The molecule has 0 aromatic heterocycles. The van der Waals surface area contributed by atoms with E-state index in [2.05, 4.69) is 5.32 Å². The van der Waals surface area contributed by atoms with Crippen LogP contribution < -0.4 is 14.8 Å². The third-order valence-corrected chi connectivity index (χ3v) is 5.41. The number of aryl methyl sites for hydroxylation is 2. The molecule has 1 N–H and O–H groups in total. The molecule has 0 saturated carbocycles. The number of carbonyl (C=O) groups excluding carboxylic acids is 2. The highest BCUT2D eigenvalue weighted by molar-refractivity contribution is 6.05. The van der Waals surface area contributed by atoms with Crippen LogP contribution in [0, 0.1) is 6.92 Å². The number of nitrogens with zero attached hydrogens (tertiary/aromatic N) is 1. The van der Waals surface area contributed by atoms with Gasteiger partial charge in [-0.25, -0.2) is 0 Å². The minimum Gasteiger partial charge on any atom is -0.493 e. The number of methoxy groups -OCH3 is 1. The number of carbonyl (C=O) groups is 2. The van der Waals surface area contributed by atoms with E-state index in [1.807, 2.05) is 13.0 Å². The van der Waals surface area contributed by atoms with Gasteiger partial charge in [0.1, 0.15) is 0 Å². The molecule has 2 aromatic carbocycles. The van der Waals surface area contributed by atoms with Crippen molar-refractivity contribution >= 4 is 17.5 Å². The zero-order chi connectivity index (χ0) is 24.0. The first-order chi connectivity index (χ1) is 15.7. The summed E-state index contributed by atoms with van der Waals surface area (Å²) in [5.41, 5.74) is 2.48. The van der Waals surface area contributed by atoms with Crippen molar-refractivity contribution in [1.82, 2.24) is 4.90 Å². The van der Waals surface area contributed by atoms with Crippen molar-refractivity contribution in [3.05, 3.63) is 53.1 Å². The van der Waals surface area contributed by atoms with Crippen LogP contribution in [0.3, 0.4) is 0 Å². The topological polar surface area (TPSA) is 67.9 Å². The van der Waals surface area contributed by atoms with Crippen molar-refractivity contribution in [2.24, 2.45) is 0 Å². The van der Waals surface area contributed by atoms with Crippen molar-refractivity contribution in [3.63, 3.8) is 0 Å². The molecule has 1 heterocycles. The highest BCUT2D eigenvalue weighted by Crippen LogP contribution is 2.30. The predicted molar refractivity (Wildman–Crippen MR) is 118 cm³/mol. The minimum absolute atomic E-state index is 0.0205. The summed E-state index contributed by atoms with van der Waals surface area (Å²) in [7, 11) is 1.34. The van der Waals surface area contributed by atoms with E-state index in [-0.39, 0.29) is 29.7 Å². The van der Waals surface area contributed by atoms with Crippen molar-refractivity contribution in [2.45, 2.75) is 38.8 Å². The lowest BCUT2D eigenvalue weighted by molar-refractivity contribution is -0.153. The van der Waals surface area contributed by atoms with Crippen molar-refractivity contribution < 1.29 is 32.2 Å². The van der Waals surface area contributed by atoms with Crippen LogP contribution in [-0.4, -0.2) is 49.7 Å². The van der Waals surface area contributed by atoms with Gasteiger partial charge in [-0.15, -0.1) is 0 Å². The molecule has 0 atom stereocenters. The largest absolute Gasteiger partial charge is 0.493 e. The predicted octanol–water partition coefficient (Wildman–Crippen LogP) is 4.75. The number of ether oxygens (including phenoxy) is 2. The maximum atomic E-state index is 12.9. The standard InChI is InChI=1S/C24H27F3N2O4/c1-16-6-5-7-18(22(16)23(31)29-12-3-4-13-29)28-21(30)11-9-17-8-10-19(20(14-17)32-2)33-15-24(25,26)27/h5-8,10,14H,3-4,9,11-13,15H2,1-2H3,(H,28,30). The summed E-state index contributed by atoms with van der Waals surface area (Å²) in [5, 5.41) is 2.84. The van der Waals surface area contributed by atoms with Crippen LogP contribution in [0.4, 0.5) is 18.9 Å². The van der Waals surface area contributed by atoms with Crippen LogP contribution in [-0.2, 0) is 11.2 Å². The monoisotopic (exact) mass is 464 g/mol. The summed E-state index contributed by atoms with van der Waals surface area (Å²) in [6.45, 7) is 1.85. The van der Waals surface area contributed by atoms with E-state index >= 15 is 0 Å². The van der Waals surface area contributed by atoms with Crippen molar-refractivity contribution in [2.75, 3.05) is 32.1 Å². The van der Waals surface area contributed by atoms with Gasteiger partial charge in [-0.05, 0) is 55.5 Å². The second-order valence-corrected chi connectivity index (χ2v) is 7.93. The maximum absolute atomic E-state index is 12.9. The Balaban J connectivity index is 1.64. The molecule has 6 nitrogen and oxygen atoms in total. The molecule has 0 spiro atoms. The Hall–Kier alpha value is -3.23. The number of likely N-dealkylation sites (tertiary alicyclic amines) is 1. The number of halogens is 3. The molecule has 33 heavy (non-hydrogen) atoms. The van der Waals surface area contributed by atoms with Gasteiger partial charge >= 0.3 is 6.18 Å². The highest BCUT2D eigenvalue weighted by atomic mass is 19.4. The van der Waals surface area contributed by atoms with Gasteiger partial charge in [0.2, 0.25) is 5.91 Å². The first-order valence-corrected chi connectivity index (χ1v) is 10.7. The summed E-state index contributed by atoms with van der Waals surface area (Å²) in [6, 6.07) is 9.88. The molecule has 0 unspecified atom stereocenters. The number of amides is 2. The van der Waals surface area contributed by atoms with Crippen LogP contribution in [0.15, 0.2) is 36.4 Å². The van der Waals surface area contributed by atoms with Crippen LogP contribution >= 0.6 is 0 Å². The lowest BCUT2D eigenvalue weighted by atomic mass is 10.0. The molecule has 0 radical (unpaired) electrons. The fourth-order valence-corrected chi connectivity index (χ4v) is 3.75. The normalized spacial score (nSPS) is 13.7. The van der Waals surface area contributed by atoms with E-state index in [9.17, 15) is 22.8 Å². The number of benzene rings is 2. The van der Waals surface area contributed by atoms with Gasteiger partial charge in [0.05, 0.1) is 18.4 Å². The van der Waals surface area contributed by atoms with Crippen LogP contribution in [0.1, 0.15) is 40.7 Å². The first kappa shape index (κ1) is 24.4. The molecule has 1 fully saturated rings. The van der Waals surface area contributed by atoms with Crippen LogP contribution in [0.5, 0.6) is 11.5 Å². The lowest BCUT2D eigenvalue weighted by Crippen LogP contribution is -2.29. The average molecular weight is 464 g/mol. The van der Waals surface area contributed by atoms with Gasteiger partial charge in [-0.3, -0.25) is 9.59 Å². The molecule has 0 aliphatic carbocycles. The summed E-state index contributed by atoms with van der Waals surface area (Å²) < 4.78 is 47.1. The zero-order valence-electron chi connectivity index (χ0n) is 18.6. The molecular formula is C24H27F3N2O4. The Morgan fingerprint density at radius 3 is 2.48 bits per heavy atom. The van der Waals surface area contributed by atoms with Gasteiger partial charge in [-0.1, -0.05) is 18.2 Å². The molecule has 3 rings (SSSR count). The van der Waals surface area contributed by atoms with Gasteiger partial charge in [0.25, 0.3) is 5.91 Å². The number of anilines is 1. The second-order valence-electron chi connectivity index (χ2n) is 7.93. The quantitative estimate of drug-likeness (QED) is 0.612. The fourth-order valence-electron chi connectivity index (χ4n) is 3.75. The number of hydrogen-bond acceptors (Lipinski definition) is 4. The molecule has 178 valence electrons. The average Bonchev–Trinajstić information content (AvgIpc) is 3.31. The molecule has 1 aliphatic rings. The van der Waals surface area contributed by atoms with E-state index < -0.39 is 12.8 Å². The molecule has 2 aromatic rings. The summed E-state index contributed by atoms with van der Waals surface area (Å²) in [6.07, 6.45) is -2.04. The number of hydrogen-bond donors (Lipinski definition) is 1.